The van der Waals surface area contributed by atoms with Crippen LogP contribution in [-0.4, -0.2) is 6.71 Å². The predicted octanol–water partition coefficient (Wildman–Crippen LogP) is 5.23. The van der Waals surface area contributed by atoms with Crippen LogP contribution in [0.4, 0.5) is 0 Å². The molecule has 7 rings (SSSR count). The number of ether oxygens (including phenoxy) is 2. The molecular weight excluding hydrogens is 379 g/mol. The Hall–Kier alpha value is -3.98. The molecule has 3 heteroatoms. The van der Waals surface area contributed by atoms with Gasteiger partial charge in [-0.05, 0) is 57.1 Å². The summed E-state index contributed by atoms with van der Waals surface area (Å²) in [7, 11) is 0. The summed E-state index contributed by atoms with van der Waals surface area (Å²) < 4.78 is 12.9. The Morgan fingerprint density at radius 1 is 0.516 bits per heavy atom. The fraction of sp³-hybridized carbons (Fsp3) is 0. The fourth-order valence-electron chi connectivity index (χ4n) is 5.03. The fourth-order valence-corrected chi connectivity index (χ4v) is 5.03. The SMILES string of the molecule is c1ccc2c(c1)Oc1cc(-c3cccc4ccccc34)cc3c1B2c1ccccc1O3. The first kappa shape index (κ1) is 16.8. The van der Waals surface area contributed by atoms with Crippen LogP contribution in [-0.2, 0) is 0 Å². The molecule has 31 heavy (non-hydrogen) atoms. The lowest BCUT2D eigenvalue weighted by Gasteiger charge is -2.33. The van der Waals surface area contributed by atoms with Gasteiger partial charge in [0, 0.05) is 5.46 Å². The Kier molecular flexibility index (Phi) is 3.39. The number of benzene rings is 5. The van der Waals surface area contributed by atoms with E-state index in [1.165, 1.54) is 27.3 Å². The third-order valence-electron chi connectivity index (χ3n) is 6.39. The van der Waals surface area contributed by atoms with Gasteiger partial charge in [0.2, 0.25) is 0 Å². The van der Waals surface area contributed by atoms with Crippen LogP contribution >= 0.6 is 0 Å². The topological polar surface area (TPSA) is 18.5 Å². The van der Waals surface area contributed by atoms with E-state index in [9.17, 15) is 0 Å². The molecule has 2 heterocycles. The van der Waals surface area contributed by atoms with Crippen LogP contribution in [0.2, 0.25) is 0 Å². The van der Waals surface area contributed by atoms with E-state index in [2.05, 4.69) is 91.0 Å². The molecule has 0 aromatic heterocycles. The standard InChI is InChI=1S/C28H17BO2/c1-2-10-20-18(8-1)9-7-11-21(20)19-16-26-28-27(17-19)31-25-15-6-4-13-23(25)29(28)22-12-3-5-14-24(22)30-26/h1-17H. The van der Waals surface area contributed by atoms with Crippen LogP contribution in [0.5, 0.6) is 23.0 Å². The predicted molar refractivity (Wildman–Crippen MR) is 127 cm³/mol. The van der Waals surface area contributed by atoms with Gasteiger partial charge < -0.3 is 9.47 Å². The minimum atomic E-state index is 0.112. The normalized spacial score (nSPS) is 13.0. The largest absolute Gasteiger partial charge is 0.458 e. The maximum atomic E-state index is 6.43. The molecule has 0 N–H and O–H groups in total. The van der Waals surface area contributed by atoms with Crippen molar-refractivity contribution in [3.05, 3.63) is 103 Å². The Labute approximate surface area is 180 Å². The van der Waals surface area contributed by atoms with Crippen LogP contribution in [0.1, 0.15) is 0 Å². The number of hydrogen-bond acceptors (Lipinski definition) is 2. The van der Waals surface area contributed by atoms with E-state index < -0.39 is 0 Å². The summed E-state index contributed by atoms with van der Waals surface area (Å²) in [6.45, 7) is 0.112. The number of fused-ring (bicyclic) bond motifs is 5. The molecule has 0 saturated carbocycles. The zero-order chi connectivity index (χ0) is 20.4. The molecule has 0 radical (unpaired) electrons. The number of hydrogen-bond donors (Lipinski definition) is 0. The van der Waals surface area contributed by atoms with Crippen molar-refractivity contribution in [2.24, 2.45) is 0 Å². The highest BCUT2D eigenvalue weighted by molar-refractivity contribution is 6.98. The first-order valence-electron chi connectivity index (χ1n) is 10.6. The van der Waals surface area contributed by atoms with Crippen LogP contribution in [0, 0.1) is 0 Å². The quantitative estimate of drug-likeness (QED) is 0.354. The zero-order valence-electron chi connectivity index (χ0n) is 16.7. The minimum absolute atomic E-state index is 0.112. The summed E-state index contributed by atoms with van der Waals surface area (Å²) in [6.07, 6.45) is 0. The second-order valence-corrected chi connectivity index (χ2v) is 8.13. The van der Waals surface area contributed by atoms with Gasteiger partial charge >= 0.3 is 0 Å². The molecule has 0 bridgehead atoms. The molecule has 5 aromatic rings. The smallest absolute Gasteiger partial charge is 0.260 e. The molecule has 0 fully saturated rings. The molecule has 0 atom stereocenters. The summed E-state index contributed by atoms with van der Waals surface area (Å²) in [5.41, 5.74) is 5.76. The molecule has 0 spiro atoms. The third kappa shape index (κ3) is 2.41. The van der Waals surface area contributed by atoms with Crippen LogP contribution < -0.4 is 25.9 Å². The van der Waals surface area contributed by atoms with E-state index in [0.717, 1.165) is 34.0 Å². The highest BCUT2D eigenvalue weighted by Gasteiger charge is 2.40. The van der Waals surface area contributed by atoms with E-state index in [4.69, 9.17) is 9.47 Å². The van der Waals surface area contributed by atoms with Crippen molar-refractivity contribution in [3.63, 3.8) is 0 Å². The minimum Gasteiger partial charge on any atom is -0.458 e. The lowest BCUT2D eigenvalue weighted by molar-refractivity contribution is 0.465. The van der Waals surface area contributed by atoms with Crippen molar-refractivity contribution >= 4 is 33.9 Å². The Balaban J connectivity index is 1.51. The van der Waals surface area contributed by atoms with Gasteiger partial charge in [-0.1, -0.05) is 78.9 Å². The Bertz CT molecular complexity index is 1430. The molecule has 0 saturated heterocycles. The summed E-state index contributed by atoms with van der Waals surface area (Å²) in [5, 5.41) is 2.45. The summed E-state index contributed by atoms with van der Waals surface area (Å²) >= 11 is 0. The van der Waals surface area contributed by atoms with Crippen LogP contribution in [0.15, 0.2) is 103 Å². The van der Waals surface area contributed by atoms with Crippen molar-refractivity contribution in [2.45, 2.75) is 0 Å². The van der Waals surface area contributed by atoms with Crippen LogP contribution in [0.3, 0.4) is 0 Å². The van der Waals surface area contributed by atoms with Gasteiger partial charge in [-0.2, -0.15) is 0 Å². The first-order valence-corrected chi connectivity index (χ1v) is 10.6. The monoisotopic (exact) mass is 396 g/mol. The second-order valence-electron chi connectivity index (χ2n) is 8.13. The van der Waals surface area contributed by atoms with E-state index in [1.54, 1.807) is 0 Å². The Morgan fingerprint density at radius 3 is 1.81 bits per heavy atom. The molecule has 0 aliphatic carbocycles. The molecule has 0 unspecified atom stereocenters. The highest BCUT2D eigenvalue weighted by atomic mass is 16.5. The van der Waals surface area contributed by atoms with Gasteiger partial charge in [-0.3, -0.25) is 0 Å². The van der Waals surface area contributed by atoms with Crippen molar-refractivity contribution in [1.29, 1.82) is 0 Å². The van der Waals surface area contributed by atoms with E-state index in [1.807, 2.05) is 12.1 Å². The number of rotatable bonds is 1. The molecule has 2 aliphatic heterocycles. The molecule has 144 valence electrons. The third-order valence-corrected chi connectivity index (χ3v) is 6.39. The lowest BCUT2D eigenvalue weighted by atomic mass is 9.35. The maximum Gasteiger partial charge on any atom is 0.260 e. The number of para-hydroxylation sites is 2. The zero-order valence-corrected chi connectivity index (χ0v) is 16.7. The Morgan fingerprint density at radius 2 is 1.10 bits per heavy atom. The summed E-state index contributed by atoms with van der Waals surface area (Å²) in [4.78, 5) is 0. The summed E-state index contributed by atoms with van der Waals surface area (Å²) in [6, 6.07) is 35.9. The average molecular weight is 396 g/mol. The van der Waals surface area contributed by atoms with Crippen molar-refractivity contribution in [1.82, 2.24) is 0 Å². The molecule has 5 aromatic carbocycles. The first-order chi connectivity index (χ1) is 15.4. The summed E-state index contributed by atoms with van der Waals surface area (Å²) in [5.74, 6) is 3.58. The van der Waals surface area contributed by atoms with Gasteiger partial charge in [-0.25, -0.2) is 0 Å². The lowest BCUT2D eigenvalue weighted by Crippen LogP contribution is -2.57. The van der Waals surface area contributed by atoms with Gasteiger partial charge in [0.25, 0.3) is 6.71 Å². The van der Waals surface area contributed by atoms with E-state index in [0.29, 0.717) is 0 Å². The molecule has 0 amide bonds. The molecule has 2 nitrogen and oxygen atoms in total. The van der Waals surface area contributed by atoms with Crippen molar-refractivity contribution in [2.75, 3.05) is 0 Å². The van der Waals surface area contributed by atoms with E-state index >= 15 is 0 Å². The van der Waals surface area contributed by atoms with Gasteiger partial charge in [0.05, 0.1) is 0 Å². The van der Waals surface area contributed by atoms with Crippen LogP contribution in [0.25, 0.3) is 21.9 Å². The average Bonchev–Trinajstić information content (AvgIpc) is 2.83. The maximum absolute atomic E-state index is 6.43. The van der Waals surface area contributed by atoms with Gasteiger partial charge in [0.1, 0.15) is 23.0 Å². The van der Waals surface area contributed by atoms with E-state index in [-0.39, 0.29) is 6.71 Å². The second kappa shape index (κ2) is 6.26. The highest BCUT2D eigenvalue weighted by Crippen LogP contribution is 2.39. The van der Waals surface area contributed by atoms with Crippen molar-refractivity contribution in [3.8, 4) is 34.1 Å². The molecular formula is C28H17BO2. The van der Waals surface area contributed by atoms with Gasteiger partial charge in [-0.15, -0.1) is 0 Å². The van der Waals surface area contributed by atoms with Gasteiger partial charge in [0.15, 0.2) is 0 Å². The molecule has 2 aliphatic rings. The van der Waals surface area contributed by atoms with Crippen molar-refractivity contribution < 1.29 is 9.47 Å².